The van der Waals surface area contributed by atoms with Gasteiger partial charge in [-0.25, -0.2) is 13.8 Å². The number of aliphatic hydroxyl groups excluding tert-OH is 1. The summed E-state index contributed by atoms with van der Waals surface area (Å²) in [7, 11) is -3.78. The molecule has 2 fully saturated rings. The highest BCUT2D eigenvalue weighted by Gasteiger charge is 2.57. The number of nitrogens with one attached hydrogen (secondary N) is 1. The van der Waals surface area contributed by atoms with Crippen molar-refractivity contribution in [2.24, 2.45) is 0 Å². The van der Waals surface area contributed by atoms with E-state index >= 15 is 4.39 Å². The number of benzene rings is 1. The Hall–Kier alpha value is -2.83. The predicted molar refractivity (Wildman–Crippen MR) is 144 cm³/mol. The molecule has 1 unspecified atom stereocenters. The number of ether oxygens (including phenoxy) is 2. The van der Waals surface area contributed by atoms with Gasteiger partial charge in [0.05, 0.1) is 6.61 Å². The summed E-state index contributed by atoms with van der Waals surface area (Å²) < 4.78 is 52.2. The van der Waals surface area contributed by atoms with Gasteiger partial charge in [0.2, 0.25) is 0 Å². The minimum atomic E-state index is -3.78. The van der Waals surface area contributed by atoms with Crippen LogP contribution in [0.3, 0.4) is 0 Å². The molecule has 4 N–H and O–H groups in total. The Morgan fingerprint density at radius 2 is 2.00 bits per heavy atom. The molecular weight excluding hydrogens is 546 g/mol. The van der Waals surface area contributed by atoms with Crippen molar-refractivity contribution >= 4 is 19.4 Å². The highest BCUT2D eigenvalue weighted by Crippen LogP contribution is 2.47. The largest absolute Gasteiger partial charge is 0.461 e. The molecule has 220 valence electrons. The summed E-state index contributed by atoms with van der Waals surface area (Å²) in [6.45, 7) is 1.89. The first-order chi connectivity index (χ1) is 19.0. The number of aromatic nitrogens is 2. The molecule has 1 aromatic carbocycles. The summed E-state index contributed by atoms with van der Waals surface area (Å²) in [5.74, 6) is -0.286. The van der Waals surface area contributed by atoms with Crippen LogP contribution in [-0.4, -0.2) is 70.5 Å². The van der Waals surface area contributed by atoms with Crippen molar-refractivity contribution < 1.29 is 37.4 Å². The number of nitrogens with two attached hydrogens (primary N) is 1. The van der Waals surface area contributed by atoms with Gasteiger partial charge in [0.15, 0.2) is 12.4 Å². The molecule has 0 amide bonds. The van der Waals surface area contributed by atoms with Crippen LogP contribution >= 0.6 is 7.60 Å². The molecule has 1 aromatic heterocycles. The maximum Gasteiger partial charge on any atom is 0.376 e. The average molecular weight is 583 g/mol. The molecule has 1 aliphatic heterocycles. The number of aliphatic hydroxyl groups is 1. The molecule has 2 aliphatic rings. The Morgan fingerprint density at radius 3 is 2.67 bits per heavy atom. The monoisotopic (exact) mass is 582 g/mol. The van der Waals surface area contributed by atoms with Gasteiger partial charge in [-0.3, -0.25) is 13.9 Å². The Bertz CT molecular complexity index is 1260. The van der Waals surface area contributed by atoms with Crippen LogP contribution in [0.15, 0.2) is 47.4 Å². The van der Waals surface area contributed by atoms with E-state index in [1.165, 1.54) is 18.9 Å². The van der Waals surface area contributed by atoms with Gasteiger partial charge in [0.1, 0.15) is 35.4 Å². The van der Waals surface area contributed by atoms with Crippen molar-refractivity contribution in [2.45, 2.75) is 75.3 Å². The second kappa shape index (κ2) is 12.8. The van der Waals surface area contributed by atoms with Gasteiger partial charge in [0.25, 0.3) is 0 Å². The van der Waals surface area contributed by atoms with Gasteiger partial charge in [-0.05, 0) is 50.8 Å². The minimum absolute atomic E-state index is 0.0678. The van der Waals surface area contributed by atoms with Crippen molar-refractivity contribution in [3.05, 3.63) is 53.1 Å². The van der Waals surface area contributed by atoms with E-state index in [9.17, 15) is 19.3 Å². The number of nitrogen functional groups attached to an aromatic ring is 1. The summed E-state index contributed by atoms with van der Waals surface area (Å²) in [5.41, 5.74) is 2.78. The number of hydrogen-bond acceptors (Lipinski definition) is 11. The average Bonchev–Trinajstić information content (AvgIpc) is 3.17. The number of anilines is 1. The van der Waals surface area contributed by atoms with E-state index in [0.29, 0.717) is 0 Å². The summed E-state index contributed by atoms with van der Waals surface area (Å²) in [6, 6.07) is 8.76. The molecule has 12 nitrogen and oxygen atoms in total. The van der Waals surface area contributed by atoms with E-state index in [1.54, 1.807) is 37.3 Å². The molecule has 1 saturated carbocycles. The van der Waals surface area contributed by atoms with Gasteiger partial charge >= 0.3 is 19.3 Å². The van der Waals surface area contributed by atoms with Gasteiger partial charge in [-0.2, -0.15) is 4.98 Å². The number of carbonyl (C=O) groups is 1. The van der Waals surface area contributed by atoms with Gasteiger partial charge < -0.3 is 30.2 Å². The van der Waals surface area contributed by atoms with Crippen LogP contribution in [-0.2, 0) is 23.4 Å². The van der Waals surface area contributed by atoms with Crippen molar-refractivity contribution in [2.75, 3.05) is 25.6 Å². The molecule has 14 heteroatoms. The first-order valence-corrected chi connectivity index (χ1v) is 15.2. The van der Waals surface area contributed by atoms with E-state index < -0.39 is 56.0 Å². The predicted octanol–water partition coefficient (Wildman–Crippen LogP) is 2.56. The SMILES string of the molecule is C[C@H](NC[C@]1(COP(C)(=O)Oc2ccccc2)O[C@@H](n2ccc(N)nc2=O)[C@H](F)[C@@H]1O)C(=O)OC1CCCCC1. The van der Waals surface area contributed by atoms with Crippen molar-refractivity contribution in [3.63, 3.8) is 0 Å². The van der Waals surface area contributed by atoms with E-state index in [-0.39, 0.29) is 24.2 Å². The highest BCUT2D eigenvalue weighted by atomic mass is 31.2. The van der Waals surface area contributed by atoms with Gasteiger partial charge in [-0.15, -0.1) is 0 Å². The lowest BCUT2D eigenvalue weighted by Gasteiger charge is -2.33. The number of halogens is 1. The molecule has 40 heavy (non-hydrogen) atoms. The smallest absolute Gasteiger partial charge is 0.376 e. The lowest BCUT2D eigenvalue weighted by molar-refractivity contribution is -0.154. The van der Waals surface area contributed by atoms with Crippen LogP contribution < -0.4 is 21.3 Å². The molecular formula is C26H36FN4O8P. The molecule has 0 bridgehead atoms. The lowest BCUT2D eigenvalue weighted by Crippen LogP contribution is -2.55. The molecule has 1 saturated heterocycles. The number of para-hydroxylation sites is 1. The number of esters is 1. The Labute approximate surface area is 231 Å². The van der Waals surface area contributed by atoms with E-state index in [0.717, 1.165) is 36.7 Å². The number of alkyl halides is 1. The second-order valence-corrected chi connectivity index (χ2v) is 12.2. The zero-order chi connectivity index (χ0) is 28.9. The normalized spacial score (nSPS) is 27.6. The van der Waals surface area contributed by atoms with E-state index in [2.05, 4.69) is 10.3 Å². The van der Waals surface area contributed by atoms with Gasteiger partial charge in [-0.1, -0.05) is 24.6 Å². The number of carbonyl (C=O) groups excluding carboxylic acids is 1. The third-order valence-electron chi connectivity index (χ3n) is 7.05. The fraction of sp³-hybridized carbons (Fsp3) is 0.577. The van der Waals surface area contributed by atoms with Crippen LogP contribution in [0.5, 0.6) is 5.75 Å². The molecule has 1 aliphatic carbocycles. The highest BCUT2D eigenvalue weighted by molar-refractivity contribution is 7.53. The van der Waals surface area contributed by atoms with Crippen LogP contribution in [0.4, 0.5) is 10.2 Å². The third-order valence-corrected chi connectivity index (χ3v) is 8.19. The first kappa shape index (κ1) is 30.1. The lowest BCUT2D eigenvalue weighted by atomic mass is 9.96. The van der Waals surface area contributed by atoms with Crippen molar-refractivity contribution in [3.8, 4) is 5.75 Å². The molecule has 6 atom stereocenters. The quantitative estimate of drug-likeness (QED) is 0.263. The van der Waals surface area contributed by atoms with E-state index in [4.69, 9.17) is 24.3 Å². The first-order valence-electron chi connectivity index (χ1n) is 13.2. The fourth-order valence-corrected chi connectivity index (χ4v) is 5.76. The summed E-state index contributed by atoms with van der Waals surface area (Å²) >= 11 is 0. The van der Waals surface area contributed by atoms with Crippen LogP contribution in [0.1, 0.15) is 45.3 Å². The van der Waals surface area contributed by atoms with Crippen LogP contribution in [0, 0.1) is 0 Å². The molecule has 2 heterocycles. The van der Waals surface area contributed by atoms with Crippen molar-refractivity contribution in [1.29, 1.82) is 0 Å². The number of rotatable bonds is 11. The number of nitrogens with zero attached hydrogens (tertiary/aromatic N) is 2. The van der Waals surface area contributed by atoms with Crippen LogP contribution in [0.2, 0.25) is 0 Å². The maximum absolute atomic E-state index is 15.5. The summed E-state index contributed by atoms with van der Waals surface area (Å²) in [5, 5.41) is 14.0. The Morgan fingerprint density at radius 1 is 1.30 bits per heavy atom. The Balaban J connectivity index is 1.52. The zero-order valence-corrected chi connectivity index (χ0v) is 23.4. The molecule has 0 spiro atoms. The second-order valence-electron chi connectivity index (χ2n) is 10.3. The van der Waals surface area contributed by atoms with Crippen molar-refractivity contribution in [1.82, 2.24) is 14.9 Å². The fourth-order valence-electron chi connectivity index (χ4n) is 4.75. The number of hydrogen-bond donors (Lipinski definition) is 3. The summed E-state index contributed by atoms with van der Waals surface area (Å²) in [4.78, 5) is 28.7. The standard InChI is InChI=1S/C26H36FN4O8P/c1-17(24(33)37-18-9-5-3-6-10-18)29-15-26(16-36-40(2,35)39-19-11-7-4-8-12-19)22(32)21(27)23(38-26)31-14-13-20(28)30-25(31)34/h4,7-8,11-14,17-18,21-23,29,32H,3,5-6,9-10,15-16H2,1-2H3,(H2,28,30,34)/t17-,21+,22-,23+,26+,40?/m0/s1. The van der Waals surface area contributed by atoms with E-state index in [1.807, 2.05) is 0 Å². The molecule has 2 aromatic rings. The Kier molecular flexibility index (Phi) is 9.63. The minimum Gasteiger partial charge on any atom is -0.461 e. The van der Waals surface area contributed by atoms with Gasteiger partial charge in [0, 0.05) is 19.4 Å². The third kappa shape index (κ3) is 7.27. The van der Waals surface area contributed by atoms with Crippen LogP contribution in [0.25, 0.3) is 0 Å². The zero-order valence-electron chi connectivity index (χ0n) is 22.5. The summed E-state index contributed by atoms with van der Waals surface area (Å²) in [6.07, 6.45) is 0.138. The molecule has 0 radical (unpaired) electrons. The topological polar surface area (TPSA) is 164 Å². The maximum atomic E-state index is 15.5. The molecule has 4 rings (SSSR count).